The van der Waals surface area contributed by atoms with E-state index in [4.69, 9.17) is 42.6 Å². The monoisotopic (exact) mass is 978 g/mol. The Morgan fingerprint density at radius 2 is 1.53 bits per heavy atom. The Bertz CT molecular complexity index is 2340. The topological polar surface area (TPSA) is 196 Å². The third kappa shape index (κ3) is 15.3. The molecule has 4 aromatic rings. The number of carboxylic acid groups (broad SMARTS) is 1. The van der Waals surface area contributed by atoms with Gasteiger partial charge in [-0.1, -0.05) is 48.3 Å². The first kappa shape index (κ1) is 54.6. The number of rotatable bonds is 12. The number of hydrogen-bond acceptors (Lipinski definition) is 10. The number of imidazole rings is 1. The van der Waals surface area contributed by atoms with Gasteiger partial charge >= 0.3 is 0 Å². The highest BCUT2D eigenvalue weighted by Crippen LogP contribution is 2.32. The van der Waals surface area contributed by atoms with Gasteiger partial charge in [0.25, 0.3) is 6.47 Å². The highest BCUT2D eigenvalue weighted by molar-refractivity contribution is 6.31. The number of nitrogens with zero attached hydrogens (tertiary/aromatic N) is 6. The van der Waals surface area contributed by atoms with Crippen LogP contribution >= 0.6 is 23.2 Å². The summed E-state index contributed by atoms with van der Waals surface area (Å²) in [6.45, 7) is 7.40. The van der Waals surface area contributed by atoms with Gasteiger partial charge in [0.05, 0.1) is 31.6 Å². The van der Waals surface area contributed by atoms with Crippen LogP contribution in [-0.4, -0.2) is 142 Å². The molecule has 0 radical (unpaired) electrons. The van der Waals surface area contributed by atoms with E-state index in [2.05, 4.69) is 20.5 Å². The van der Waals surface area contributed by atoms with Crippen LogP contribution in [0.25, 0.3) is 11.3 Å². The van der Waals surface area contributed by atoms with Crippen LogP contribution in [0.1, 0.15) is 57.5 Å². The first-order chi connectivity index (χ1) is 32.3. The summed E-state index contributed by atoms with van der Waals surface area (Å²) in [6, 6.07) is 16.3. The number of likely N-dealkylation sites (N-methyl/N-ethyl adjacent to an activating group) is 2. The lowest BCUT2D eigenvalue weighted by Crippen LogP contribution is -2.57. The zero-order valence-corrected chi connectivity index (χ0v) is 41.7. The van der Waals surface area contributed by atoms with Crippen molar-refractivity contribution < 1.29 is 43.3 Å². The second-order valence-corrected chi connectivity index (χ2v) is 18.0. The molecule has 368 valence electrons. The van der Waals surface area contributed by atoms with E-state index in [-0.39, 0.29) is 57.4 Å². The van der Waals surface area contributed by atoms with Crippen LogP contribution in [0.15, 0.2) is 72.9 Å². The molecule has 68 heavy (non-hydrogen) atoms. The minimum absolute atomic E-state index is 0.0580. The van der Waals surface area contributed by atoms with Crippen LogP contribution in [0, 0.1) is 5.92 Å². The first-order valence-electron chi connectivity index (χ1n) is 22.3. The van der Waals surface area contributed by atoms with E-state index in [1.165, 1.54) is 14.7 Å². The van der Waals surface area contributed by atoms with Gasteiger partial charge in [-0.3, -0.25) is 28.8 Å². The predicted molar refractivity (Wildman–Crippen MR) is 260 cm³/mol. The molecule has 0 aliphatic carbocycles. The van der Waals surface area contributed by atoms with E-state index in [9.17, 15) is 24.0 Å². The molecule has 1 saturated heterocycles. The van der Waals surface area contributed by atoms with Crippen molar-refractivity contribution in [1.29, 1.82) is 0 Å². The molecule has 5 amide bonds. The fourth-order valence-electron chi connectivity index (χ4n) is 7.57. The molecule has 5 atom stereocenters. The van der Waals surface area contributed by atoms with Crippen molar-refractivity contribution in [1.82, 2.24) is 39.8 Å². The lowest BCUT2D eigenvalue weighted by Gasteiger charge is -2.35. The fourth-order valence-corrected chi connectivity index (χ4v) is 7.86. The van der Waals surface area contributed by atoms with Crippen LogP contribution in [0.3, 0.4) is 0 Å². The van der Waals surface area contributed by atoms with Gasteiger partial charge in [0.2, 0.25) is 29.5 Å². The number of benzene rings is 3. The number of nitrogens with one attached hydrogen (secondary N) is 2. The Hall–Kier alpha value is -6.01. The second-order valence-electron chi connectivity index (χ2n) is 17.1. The van der Waals surface area contributed by atoms with Gasteiger partial charge in [-0.2, -0.15) is 0 Å². The lowest BCUT2D eigenvalue weighted by molar-refractivity contribution is -0.146. The molecule has 1 aliphatic heterocycles. The molecule has 5 rings (SSSR count). The molecule has 3 aromatic carbocycles. The third-order valence-corrected chi connectivity index (χ3v) is 12.3. The van der Waals surface area contributed by atoms with E-state index in [1.54, 1.807) is 72.1 Å². The van der Waals surface area contributed by atoms with Crippen molar-refractivity contribution >= 4 is 59.2 Å². The average Bonchev–Trinajstić information content (AvgIpc) is 3.66. The van der Waals surface area contributed by atoms with Crippen molar-refractivity contribution in [3.63, 3.8) is 0 Å². The number of hydrogen-bond donors (Lipinski definition) is 3. The standard InChI is InChI=1S/C48H62Cl2N8O7.CH2O2/c1-10-64-29-40-48(63)56(8)38(22-33-11-16-36(49)17-12-33)24-44(59)52-25-31(3)55(7)47(62)30(2)21-45(60)58(32(4)46(61)53-40)27-35-13-18-37(50)23-42(35)65-39-19-14-34(15-20-39)41-26-51-43(57(41)9)28-54(5)6;2-1-3/h11-20,23,26,30-32,38,40H,10,21-22,24-25,27-29H2,1-9H3,(H,52,59)(H,53,61);1H,(H,2,3)/t30-,31+,32+,38+,40+;/m1./s1. The molecule has 0 unspecified atom stereocenters. The summed E-state index contributed by atoms with van der Waals surface area (Å²) >= 11 is 12.7. The fraction of sp³-hybridized carbons (Fsp3) is 0.449. The van der Waals surface area contributed by atoms with Crippen LogP contribution < -0.4 is 15.4 Å². The molecule has 19 heteroatoms. The quantitative estimate of drug-likeness (QED) is 0.149. The van der Waals surface area contributed by atoms with Gasteiger partial charge in [0, 0.05) is 86.3 Å². The summed E-state index contributed by atoms with van der Waals surface area (Å²) < 4.78 is 14.2. The summed E-state index contributed by atoms with van der Waals surface area (Å²) in [6.07, 6.45) is 1.86. The Kier molecular flexibility index (Phi) is 20.8. The molecule has 3 N–H and O–H groups in total. The smallest absolute Gasteiger partial charge is 0.290 e. The van der Waals surface area contributed by atoms with E-state index < -0.39 is 47.8 Å². The van der Waals surface area contributed by atoms with Gasteiger partial charge < -0.3 is 49.4 Å². The molecule has 2 heterocycles. The van der Waals surface area contributed by atoms with Crippen molar-refractivity contribution in [3.8, 4) is 22.8 Å². The zero-order valence-electron chi connectivity index (χ0n) is 40.2. The summed E-state index contributed by atoms with van der Waals surface area (Å²) in [5.74, 6) is -1.21. The van der Waals surface area contributed by atoms with Crippen LogP contribution in [0.2, 0.25) is 10.0 Å². The average molecular weight is 980 g/mol. The Morgan fingerprint density at radius 1 is 0.882 bits per heavy atom. The van der Waals surface area contributed by atoms with Crippen molar-refractivity contribution in [2.24, 2.45) is 13.0 Å². The maximum Gasteiger partial charge on any atom is 0.290 e. The zero-order chi connectivity index (χ0) is 50.2. The Morgan fingerprint density at radius 3 is 2.16 bits per heavy atom. The molecule has 0 bridgehead atoms. The molecule has 1 fully saturated rings. The number of halogens is 2. The number of carbonyl (C=O) groups excluding carboxylic acids is 5. The summed E-state index contributed by atoms with van der Waals surface area (Å²) in [5.41, 5.74) is 3.27. The molecular weight excluding hydrogens is 915 g/mol. The van der Waals surface area contributed by atoms with Gasteiger partial charge in [0.1, 0.15) is 29.4 Å². The third-order valence-electron chi connectivity index (χ3n) is 11.8. The molecule has 0 saturated carbocycles. The van der Waals surface area contributed by atoms with E-state index >= 15 is 0 Å². The lowest BCUT2D eigenvalue weighted by atomic mass is 10.0. The SMILES string of the molecule is CCOC[C@@H]1NC(=O)[C@H](C)N(Cc2ccc(Cl)cc2Oc2ccc(-c3cnc(CN(C)C)n3C)cc2)C(=O)C[C@@H](C)C(=O)N(C)[C@@H](C)CNC(=O)C[C@H](Cc2ccc(Cl)cc2)N(C)C1=O.O=CO. The van der Waals surface area contributed by atoms with Crippen LogP contribution in [-0.2, 0) is 60.1 Å². The van der Waals surface area contributed by atoms with Crippen molar-refractivity contribution in [2.45, 2.75) is 84.2 Å². The maximum atomic E-state index is 14.5. The molecular formula is C49H64Cl2N8O9. The Labute approximate surface area is 408 Å². The summed E-state index contributed by atoms with van der Waals surface area (Å²) in [7, 11) is 9.18. The molecule has 1 aliphatic rings. The minimum Gasteiger partial charge on any atom is -0.483 e. The maximum absolute atomic E-state index is 14.5. The van der Waals surface area contributed by atoms with Crippen molar-refractivity contribution in [3.05, 3.63) is 99.9 Å². The molecule has 1 aromatic heterocycles. The van der Waals surface area contributed by atoms with Crippen LogP contribution in [0.5, 0.6) is 11.5 Å². The predicted octanol–water partition coefficient (Wildman–Crippen LogP) is 5.65. The minimum atomic E-state index is -1.17. The van der Waals surface area contributed by atoms with E-state index in [0.29, 0.717) is 40.1 Å². The first-order valence-corrected chi connectivity index (χ1v) is 23.1. The number of amides is 5. The highest BCUT2D eigenvalue weighted by Gasteiger charge is 2.35. The summed E-state index contributed by atoms with van der Waals surface area (Å²) in [4.78, 5) is 89.9. The number of ether oxygens (including phenoxy) is 2. The van der Waals surface area contributed by atoms with E-state index in [0.717, 1.165) is 22.6 Å². The Balaban J connectivity index is 0.00000327. The largest absolute Gasteiger partial charge is 0.483 e. The van der Waals surface area contributed by atoms with Gasteiger partial charge in [-0.25, -0.2) is 4.98 Å². The molecule has 17 nitrogen and oxygen atoms in total. The van der Waals surface area contributed by atoms with Gasteiger partial charge in [0.15, 0.2) is 0 Å². The molecule has 0 spiro atoms. The highest BCUT2D eigenvalue weighted by atomic mass is 35.5. The number of carbonyl (C=O) groups is 6. The summed E-state index contributed by atoms with van der Waals surface area (Å²) in [5, 5.41) is 13.6. The normalized spacial score (nSPS) is 20.3. The van der Waals surface area contributed by atoms with Gasteiger partial charge in [-0.05, 0) is 95.4 Å². The van der Waals surface area contributed by atoms with Crippen molar-refractivity contribution in [2.75, 3.05) is 47.9 Å². The second kappa shape index (κ2) is 25.9. The number of aromatic nitrogens is 2. The van der Waals surface area contributed by atoms with Crippen LogP contribution in [0.4, 0.5) is 0 Å². The van der Waals surface area contributed by atoms with E-state index in [1.807, 2.05) is 68.3 Å². The van der Waals surface area contributed by atoms with Gasteiger partial charge in [-0.15, -0.1) is 0 Å².